The van der Waals surface area contributed by atoms with Crippen molar-refractivity contribution in [3.8, 4) is 11.5 Å². The number of ether oxygens (including phenoxy) is 2. The first-order valence-electron chi connectivity index (χ1n) is 7.56. The molecule has 0 aliphatic heterocycles. The first-order chi connectivity index (χ1) is 11.2. The van der Waals surface area contributed by atoms with Gasteiger partial charge in [0.2, 0.25) is 0 Å². The molecule has 23 heavy (non-hydrogen) atoms. The van der Waals surface area contributed by atoms with E-state index in [9.17, 15) is 4.79 Å². The first kappa shape index (κ1) is 16.6. The molecule has 4 heteroatoms. The Balaban J connectivity index is 1.80. The van der Waals surface area contributed by atoms with Gasteiger partial charge in [0.25, 0.3) is 5.91 Å². The Labute approximate surface area is 136 Å². The minimum absolute atomic E-state index is 0.0276. The maximum atomic E-state index is 11.9. The van der Waals surface area contributed by atoms with Crippen LogP contribution in [0.5, 0.6) is 11.5 Å². The quantitative estimate of drug-likeness (QED) is 0.754. The molecule has 0 fully saturated rings. The van der Waals surface area contributed by atoms with Crippen LogP contribution in [0.2, 0.25) is 0 Å². The number of carbonyl (C=O) groups excluding carboxylic acids is 1. The second kappa shape index (κ2) is 8.63. The summed E-state index contributed by atoms with van der Waals surface area (Å²) in [5.74, 6) is 1.21. The van der Waals surface area contributed by atoms with Gasteiger partial charge in [-0.3, -0.25) is 4.79 Å². The lowest BCUT2D eigenvalue weighted by molar-refractivity contribution is -0.118. The van der Waals surface area contributed by atoms with Crippen molar-refractivity contribution < 1.29 is 14.3 Å². The summed E-state index contributed by atoms with van der Waals surface area (Å²) in [6, 6.07) is 14.9. The van der Waals surface area contributed by atoms with E-state index in [0.717, 1.165) is 12.2 Å². The predicted molar refractivity (Wildman–Crippen MR) is 92.1 cm³/mol. The van der Waals surface area contributed by atoms with Crippen molar-refractivity contribution in [3.63, 3.8) is 0 Å². The highest BCUT2D eigenvalue weighted by atomic mass is 16.5. The van der Waals surface area contributed by atoms with Crippen LogP contribution < -0.4 is 14.8 Å². The summed E-state index contributed by atoms with van der Waals surface area (Å²) in [4.78, 5) is 11.9. The summed E-state index contributed by atoms with van der Waals surface area (Å²) in [6.45, 7) is 6.11. The van der Waals surface area contributed by atoms with E-state index < -0.39 is 0 Å². The zero-order chi connectivity index (χ0) is 16.5. The largest absolute Gasteiger partial charge is 0.490 e. The number of benzene rings is 2. The molecule has 0 atom stereocenters. The van der Waals surface area contributed by atoms with E-state index in [1.54, 1.807) is 30.3 Å². The van der Waals surface area contributed by atoms with E-state index in [-0.39, 0.29) is 12.5 Å². The van der Waals surface area contributed by atoms with Crippen molar-refractivity contribution in [2.75, 3.05) is 18.5 Å². The maximum Gasteiger partial charge on any atom is 0.262 e. The second-order valence-electron chi connectivity index (χ2n) is 4.96. The highest BCUT2D eigenvalue weighted by molar-refractivity contribution is 5.91. The minimum atomic E-state index is -0.204. The van der Waals surface area contributed by atoms with Gasteiger partial charge in [-0.15, -0.1) is 0 Å². The van der Waals surface area contributed by atoms with E-state index in [0.29, 0.717) is 18.0 Å². The molecule has 0 aliphatic carbocycles. The zero-order valence-corrected chi connectivity index (χ0v) is 13.2. The van der Waals surface area contributed by atoms with Gasteiger partial charge in [0.1, 0.15) is 18.1 Å². The van der Waals surface area contributed by atoms with E-state index in [2.05, 4.69) is 18.8 Å². The molecule has 4 nitrogen and oxygen atoms in total. The Kier molecular flexibility index (Phi) is 6.24. The average molecular weight is 311 g/mol. The Morgan fingerprint density at radius 3 is 2.26 bits per heavy atom. The molecule has 2 rings (SSSR count). The average Bonchev–Trinajstić information content (AvgIpc) is 2.60. The fourth-order valence-electron chi connectivity index (χ4n) is 1.96. The van der Waals surface area contributed by atoms with Gasteiger partial charge in [-0.25, -0.2) is 0 Å². The van der Waals surface area contributed by atoms with Crippen LogP contribution in [0.3, 0.4) is 0 Å². The summed E-state index contributed by atoms with van der Waals surface area (Å²) in [5.41, 5.74) is 1.94. The number of anilines is 1. The molecule has 1 amide bonds. The Bertz CT molecular complexity index is 633. The third-order valence-electron chi connectivity index (χ3n) is 3.21. The molecular weight excluding hydrogens is 290 g/mol. The van der Waals surface area contributed by atoms with E-state index in [1.165, 1.54) is 5.56 Å². The van der Waals surface area contributed by atoms with Crippen molar-refractivity contribution in [2.45, 2.75) is 13.3 Å². The molecule has 0 aromatic heterocycles. The summed E-state index contributed by atoms with van der Waals surface area (Å²) < 4.78 is 10.9. The number of hydrogen-bond acceptors (Lipinski definition) is 3. The van der Waals surface area contributed by atoms with Crippen molar-refractivity contribution in [1.29, 1.82) is 0 Å². The van der Waals surface area contributed by atoms with Crippen LogP contribution in [-0.2, 0) is 11.2 Å². The van der Waals surface area contributed by atoms with Gasteiger partial charge in [0, 0.05) is 5.69 Å². The van der Waals surface area contributed by atoms with Gasteiger partial charge in [-0.05, 0) is 48.4 Å². The van der Waals surface area contributed by atoms with Crippen molar-refractivity contribution >= 4 is 11.6 Å². The van der Waals surface area contributed by atoms with Gasteiger partial charge >= 0.3 is 0 Å². The predicted octanol–water partition coefficient (Wildman–Crippen LogP) is 3.83. The van der Waals surface area contributed by atoms with E-state index in [4.69, 9.17) is 9.47 Å². The summed E-state index contributed by atoms with van der Waals surface area (Å²) in [6.07, 6.45) is 2.66. The molecule has 1 N–H and O–H groups in total. The van der Waals surface area contributed by atoms with E-state index >= 15 is 0 Å². The standard InChI is InChI=1S/C19H21NO3/c1-3-13-22-17-11-7-16(8-12-17)20-19(21)14-23-18-9-5-15(4-2)6-10-18/h3,5-12H,1,4,13-14H2,2H3,(H,20,21). The maximum absolute atomic E-state index is 11.9. The highest BCUT2D eigenvalue weighted by Gasteiger charge is 2.04. The van der Waals surface area contributed by atoms with Gasteiger partial charge in [-0.1, -0.05) is 31.7 Å². The first-order valence-corrected chi connectivity index (χ1v) is 7.56. The molecule has 2 aromatic carbocycles. The van der Waals surface area contributed by atoms with E-state index in [1.807, 2.05) is 24.3 Å². The number of hydrogen-bond donors (Lipinski definition) is 1. The van der Waals surface area contributed by atoms with Crippen molar-refractivity contribution in [1.82, 2.24) is 0 Å². The Morgan fingerprint density at radius 1 is 1.04 bits per heavy atom. The molecule has 0 saturated carbocycles. The minimum Gasteiger partial charge on any atom is -0.490 e. The fourth-order valence-corrected chi connectivity index (χ4v) is 1.96. The van der Waals surface area contributed by atoms with Crippen LogP contribution in [0.1, 0.15) is 12.5 Å². The topological polar surface area (TPSA) is 47.6 Å². The fraction of sp³-hybridized carbons (Fsp3) is 0.211. The molecule has 0 bridgehead atoms. The molecule has 120 valence electrons. The lowest BCUT2D eigenvalue weighted by atomic mass is 10.2. The molecule has 2 aromatic rings. The molecule has 0 heterocycles. The van der Waals surface area contributed by atoms with Crippen LogP contribution in [0.15, 0.2) is 61.2 Å². The molecular formula is C19H21NO3. The SMILES string of the molecule is C=CCOc1ccc(NC(=O)COc2ccc(CC)cc2)cc1. The summed E-state index contributed by atoms with van der Waals surface area (Å²) in [5, 5.41) is 2.78. The monoisotopic (exact) mass is 311 g/mol. The van der Waals surface area contributed by atoms with Gasteiger partial charge in [0.15, 0.2) is 6.61 Å². The number of carbonyl (C=O) groups is 1. The van der Waals surface area contributed by atoms with Gasteiger partial charge < -0.3 is 14.8 Å². The van der Waals surface area contributed by atoms with Gasteiger partial charge in [0.05, 0.1) is 0 Å². The number of nitrogens with one attached hydrogen (secondary N) is 1. The zero-order valence-electron chi connectivity index (χ0n) is 13.2. The van der Waals surface area contributed by atoms with Crippen LogP contribution in [0.25, 0.3) is 0 Å². The third-order valence-corrected chi connectivity index (χ3v) is 3.21. The molecule has 0 saturated heterocycles. The Morgan fingerprint density at radius 2 is 1.65 bits per heavy atom. The normalized spacial score (nSPS) is 9.96. The number of rotatable bonds is 8. The second-order valence-corrected chi connectivity index (χ2v) is 4.96. The lowest BCUT2D eigenvalue weighted by Gasteiger charge is -2.09. The Hall–Kier alpha value is -2.75. The van der Waals surface area contributed by atoms with Crippen LogP contribution in [-0.4, -0.2) is 19.1 Å². The molecule has 0 aliphatic rings. The van der Waals surface area contributed by atoms with Crippen LogP contribution in [0.4, 0.5) is 5.69 Å². The van der Waals surface area contributed by atoms with Crippen LogP contribution in [0, 0.1) is 0 Å². The molecule has 0 unspecified atom stereocenters. The van der Waals surface area contributed by atoms with Gasteiger partial charge in [-0.2, -0.15) is 0 Å². The molecule has 0 spiro atoms. The molecule has 0 radical (unpaired) electrons. The van der Waals surface area contributed by atoms with Crippen molar-refractivity contribution in [2.24, 2.45) is 0 Å². The summed E-state index contributed by atoms with van der Waals surface area (Å²) >= 11 is 0. The third kappa shape index (κ3) is 5.51. The smallest absolute Gasteiger partial charge is 0.262 e. The van der Waals surface area contributed by atoms with Crippen molar-refractivity contribution in [3.05, 3.63) is 66.7 Å². The summed E-state index contributed by atoms with van der Waals surface area (Å²) in [7, 11) is 0. The lowest BCUT2D eigenvalue weighted by Crippen LogP contribution is -2.20. The number of amides is 1. The highest BCUT2D eigenvalue weighted by Crippen LogP contribution is 2.16. The number of aryl methyl sites for hydroxylation is 1. The van der Waals surface area contributed by atoms with Crippen LogP contribution >= 0.6 is 0 Å².